The molecule has 1 N–H and O–H groups in total. The Morgan fingerprint density at radius 1 is 1.40 bits per heavy atom. The van der Waals surface area contributed by atoms with Gasteiger partial charge in [0.25, 0.3) is 0 Å². The highest BCUT2D eigenvalue weighted by Gasteiger charge is 2.33. The summed E-state index contributed by atoms with van der Waals surface area (Å²) in [5, 5.41) is 3.52. The Morgan fingerprint density at radius 3 is 3.00 bits per heavy atom. The summed E-state index contributed by atoms with van der Waals surface area (Å²) in [6.45, 7) is 6.03. The second-order valence-electron chi connectivity index (χ2n) is 5.91. The Labute approximate surface area is 120 Å². The second kappa shape index (κ2) is 5.54. The number of fused-ring (bicyclic) bond motifs is 1. The van der Waals surface area contributed by atoms with Gasteiger partial charge in [-0.2, -0.15) is 0 Å². The number of imidazole rings is 1. The van der Waals surface area contributed by atoms with Crippen molar-refractivity contribution in [1.29, 1.82) is 0 Å². The van der Waals surface area contributed by atoms with Gasteiger partial charge in [-0.15, -0.1) is 0 Å². The third-order valence-corrected chi connectivity index (χ3v) is 4.31. The van der Waals surface area contributed by atoms with Gasteiger partial charge in [0.05, 0.1) is 17.6 Å². The molecule has 0 saturated carbocycles. The van der Waals surface area contributed by atoms with E-state index in [2.05, 4.69) is 41.1 Å². The molecule has 1 unspecified atom stereocenters. The van der Waals surface area contributed by atoms with Gasteiger partial charge in [0.15, 0.2) is 0 Å². The fourth-order valence-electron chi connectivity index (χ4n) is 3.19. The second-order valence-corrected chi connectivity index (χ2v) is 5.91. The number of nitrogens with zero attached hydrogens (tertiary/aromatic N) is 2. The summed E-state index contributed by atoms with van der Waals surface area (Å²) in [5.74, 6) is 1.20. The fraction of sp³-hybridized carbons (Fsp3) is 0.562. The van der Waals surface area contributed by atoms with Crippen LogP contribution in [-0.4, -0.2) is 36.4 Å². The molecule has 1 saturated heterocycles. The molecule has 108 valence electrons. The van der Waals surface area contributed by atoms with Gasteiger partial charge in [0.1, 0.15) is 5.82 Å². The molecule has 2 aromatic rings. The first-order chi connectivity index (χ1) is 9.74. The average Bonchev–Trinajstić information content (AvgIpc) is 2.85. The zero-order valence-corrected chi connectivity index (χ0v) is 12.4. The lowest BCUT2D eigenvalue weighted by Gasteiger charge is -2.34. The molecule has 2 heterocycles. The molecule has 1 aromatic heterocycles. The molecule has 1 aliphatic heterocycles. The lowest BCUT2D eigenvalue weighted by atomic mass is 9.82. The molecule has 4 nitrogen and oxygen atoms in total. The zero-order valence-electron chi connectivity index (χ0n) is 12.4. The minimum Gasteiger partial charge on any atom is -0.383 e. The summed E-state index contributed by atoms with van der Waals surface area (Å²) in [7, 11) is 1.75. The van der Waals surface area contributed by atoms with E-state index in [-0.39, 0.29) is 5.41 Å². The molecule has 0 spiro atoms. The van der Waals surface area contributed by atoms with E-state index in [1.165, 1.54) is 24.2 Å². The number of nitrogens with one attached hydrogen (secondary N) is 1. The minimum absolute atomic E-state index is 0.116. The summed E-state index contributed by atoms with van der Waals surface area (Å²) in [6, 6.07) is 8.39. The van der Waals surface area contributed by atoms with Gasteiger partial charge >= 0.3 is 0 Å². The van der Waals surface area contributed by atoms with Gasteiger partial charge in [-0.3, -0.25) is 0 Å². The number of hydrogen-bond donors (Lipinski definition) is 1. The van der Waals surface area contributed by atoms with Crippen LogP contribution in [0.2, 0.25) is 0 Å². The average molecular weight is 273 g/mol. The van der Waals surface area contributed by atoms with E-state index in [4.69, 9.17) is 9.72 Å². The first kappa shape index (κ1) is 13.6. The number of benzene rings is 1. The van der Waals surface area contributed by atoms with Crippen LogP contribution >= 0.6 is 0 Å². The van der Waals surface area contributed by atoms with E-state index in [1.54, 1.807) is 7.11 Å². The maximum atomic E-state index is 5.28. The van der Waals surface area contributed by atoms with Crippen molar-refractivity contribution >= 4 is 11.0 Å². The number of ether oxygens (including phenoxy) is 1. The smallest absolute Gasteiger partial charge is 0.117 e. The standard InChI is InChI=1S/C16H23N3O/c1-16(8-5-9-17-12-16)15-18-13-6-3-4-7-14(13)19(15)10-11-20-2/h3-4,6-7,17H,5,8-12H2,1-2H3. The van der Waals surface area contributed by atoms with Gasteiger partial charge in [0.2, 0.25) is 0 Å². The zero-order chi connectivity index (χ0) is 14.0. The highest BCUT2D eigenvalue weighted by atomic mass is 16.5. The van der Waals surface area contributed by atoms with Crippen molar-refractivity contribution in [2.24, 2.45) is 0 Å². The summed E-state index contributed by atoms with van der Waals surface area (Å²) in [6.07, 6.45) is 2.40. The summed E-state index contributed by atoms with van der Waals surface area (Å²) in [4.78, 5) is 4.93. The summed E-state index contributed by atoms with van der Waals surface area (Å²) < 4.78 is 7.61. The van der Waals surface area contributed by atoms with E-state index in [1.807, 2.05) is 0 Å². The van der Waals surface area contributed by atoms with Gasteiger partial charge in [-0.05, 0) is 31.5 Å². The van der Waals surface area contributed by atoms with Crippen LogP contribution in [0.4, 0.5) is 0 Å². The molecule has 0 bridgehead atoms. The van der Waals surface area contributed by atoms with Gasteiger partial charge in [-0.1, -0.05) is 19.1 Å². The van der Waals surface area contributed by atoms with E-state index < -0.39 is 0 Å². The molecule has 0 radical (unpaired) electrons. The molecule has 1 aromatic carbocycles. The van der Waals surface area contributed by atoms with Crippen molar-refractivity contribution in [2.45, 2.75) is 31.7 Å². The topological polar surface area (TPSA) is 39.1 Å². The van der Waals surface area contributed by atoms with Crippen molar-refractivity contribution in [3.05, 3.63) is 30.1 Å². The largest absolute Gasteiger partial charge is 0.383 e. The number of hydrogen-bond acceptors (Lipinski definition) is 3. The number of rotatable bonds is 4. The van der Waals surface area contributed by atoms with Crippen LogP contribution in [0, 0.1) is 0 Å². The molecule has 1 atom stereocenters. The van der Waals surface area contributed by atoms with Crippen LogP contribution in [0.1, 0.15) is 25.6 Å². The van der Waals surface area contributed by atoms with Crippen molar-refractivity contribution < 1.29 is 4.74 Å². The molecular weight excluding hydrogens is 250 g/mol. The van der Waals surface area contributed by atoms with E-state index >= 15 is 0 Å². The molecular formula is C16H23N3O. The normalized spacial score (nSPS) is 23.3. The number of para-hydroxylation sites is 2. The molecule has 1 aliphatic rings. The third kappa shape index (κ3) is 2.34. The van der Waals surface area contributed by atoms with E-state index in [0.717, 1.165) is 31.8 Å². The summed E-state index contributed by atoms with van der Waals surface area (Å²) >= 11 is 0. The van der Waals surface area contributed by atoms with Gasteiger partial charge < -0.3 is 14.6 Å². The Hall–Kier alpha value is -1.39. The van der Waals surface area contributed by atoms with Crippen LogP contribution in [-0.2, 0) is 16.7 Å². The first-order valence-electron chi connectivity index (χ1n) is 7.40. The van der Waals surface area contributed by atoms with Crippen molar-refractivity contribution in [2.75, 3.05) is 26.8 Å². The van der Waals surface area contributed by atoms with Crippen LogP contribution < -0.4 is 5.32 Å². The fourth-order valence-corrected chi connectivity index (χ4v) is 3.19. The van der Waals surface area contributed by atoms with Crippen LogP contribution in [0.5, 0.6) is 0 Å². The minimum atomic E-state index is 0.116. The highest BCUT2D eigenvalue weighted by molar-refractivity contribution is 5.76. The van der Waals surface area contributed by atoms with Crippen LogP contribution in [0.15, 0.2) is 24.3 Å². The number of piperidine rings is 1. The molecule has 0 amide bonds. The predicted molar refractivity (Wildman–Crippen MR) is 81.1 cm³/mol. The van der Waals surface area contributed by atoms with Crippen LogP contribution in [0.25, 0.3) is 11.0 Å². The maximum absolute atomic E-state index is 5.28. The molecule has 20 heavy (non-hydrogen) atoms. The summed E-state index contributed by atoms with van der Waals surface area (Å²) in [5.41, 5.74) is 2.42. The first-order valence-corrected chi connectivity index (χ1v) is 7.40. The van der Waals surface area contributed by atoms with Crippen molar-refractivity contribution in [3.8, 4) is 0 Å². The Morgan fingerprint density at radius 2 is 2.25 bits per heavy atom. The van der Waals surface area contributed by atoms with Crippen molar-refractivity contribution in [1.82, 2.24) is 14.9 Å². The predicted octanol–water partition coefficient (Wildman–Crippen LogP) is 2.32. The molecule has 0 aliphatic carbocycles. The van der Waals surface area contributed by atoms with E-state index in [0.29, 0.717) is 0 Å². The quantitative estimate of drug-likeness (QED) is 0.929. The van der Waals surface area contributed by atoms with Crippen molar-refractivity contribution in [3.63, 3.8) is 0 Å². The third-order valence-electron chi connectivity index (χ3n) is 4.31. The molecule has 4 heteroatoms. The monoisotopic (exact) mass is 273 g/mol. The SMILES string of the molecule is COCCn1c(C2(C)CCCNC2)nc2ccccc21. The number of methoxy groups -OCH3 is 1. The Bertz CT molecular complexity index is 584. The Kier molecular flexibility index (Phi) is 3.76. The molecule has 1 fully saturated rings. The lowest BCUT2D eigenvalue weighted by molar-refractivity contribution is 0.184. The van der Waals surface area contributed by atoms with Gasteiger partial charge in [0, 0.05) is 25.6 Å². The van der Waals surface area contributed by atoms with Crippen LogP contribution in [0.3, 0.4) is 0 Å². The lowest BCUT2D eigenvalue weighted by Crippen LogP contribution is -2.43. The highest BCUT2D eigenvalue weighted by Crippen LogP contribution is 2.32. The van der Waals surface area contributed by atoms with Gasteiger partial charge in [-0.25, -0.2) is 4.98 Å². The molecule has 3 rings (SSSR count). The van der Waals surface area contributed by atoms with E-state index in [9.17, 15) is 0 Å². The maximum Gasteiger partial charge on any atom is 0.117 e. The number of aromatic nitrogens is 2. The Balaban J connectivity index is 2.08.